The van der Waals surface area contributed by atoms with Crippen molar-refractivity contribution in [3.8, 4) is 11.3 Å². The highest BCUT2D eigenvalue weighted by Crippen LogP contribution is 2.37. The number of nitrogens with zero attached hydrogens (tertiary/aromatic N) is 2. The molecule has 0 saturated carbocycles. The highest BCUT2D eigenvalue weighted by molar-refractivity contribution is 6.38. The van der Waals surface area contributed by atoms with Crippen molar-refractivity contribution in [1.29, 1.82) is 0 Å². The molecule has 9 heteroatoms. The highest BCUT2D eigenvalue weighted by atomic mass is 35.5. The molecule has 0 amide bonds. The molecule has 0 unspecified atom stereocenters. The van der Waals surface area contributed by atoms with Crippen molar-refractivity contribution < 1.29 is 13.6 Å². The largest absolute Gasteiger partial charge is 0.405 e. The summed E-state index contributed by atoms with van der Waals surface area (Å²) >= 11 is 17.8. The average molecular weight is 343 g/mol. The van der Waals surface area contributed by atoms with Crippen LogP contribution in [0.5, 0.6) is 0 Å². The second-order valence-corrected chi connectivity index (χ2v) is 4.98. The third-order valence-electron chi connectivity index (χ3n) is 2.47. The number of alkyl halides is 2. The Bertz CT molecular complexity index is 661. The summed E-state index contributed by atoms with van der Waals surface area (Å²) in [7, 11) is 0. The SMILES string of the molecule is Cc1nc(-c2cc(N)c(Cl)cc2Cl)c(Cl)n1OC(F)F. The molecule has 0 fully saturated rings. The van der Waals surface area contributed by atoms with E-state index in [2.05, 4.69) is 9.82 Å². The van der Waals surface area contributed by atoms with E-state index in [-0.39, 0.29) is 32.4 Å². The lowest BCUT2D eigenvalue weighted by Gasteiger charge is -2.08. The summed E-state index contributed by atoms with van der Waals surface area (Å²) in [6.07, 6.45) is 0. The maximum atomic E-state index is 12.3. The van der Waals surface area contributed by atoms with E-state index in [1.165, 1.54) is 19.1 Å². The van der Waals surface area contributed by atoms with E-state index in [1.54, 1.807) is 0 Å². The zero-order valence-corrected chi connectivity index (χ0v) is 12.3. The molecule has 0 atom stereocenters. The maximum absolute atomic E-state index is 12.3. The van der Waals surface area contributed by atoms with E-state index >= 15 is 0 Å². The predicted octanol–water partition coefficient (Wildman–Crippen LogP) is 4.05. The summed E-state index contributed by atoms with van der Waals surface area (Å²) in [5, 5.41) is 0.383. The molecule has 0 radical (unpaired) electrons. The number of aryl methyl sites for hydroxylation is 1. The normalized spacial score (nSPS) is 11.2. The molecular weight excluding hydrogens is 334 g/mol. The van der Waals surface area contributed by atoms with Crippen molar-refractivity contribution >= 4 is 40.5 Å². The van der Waals surface area contributed by atoms with Gasteiger partial charge in [0.25, 0.3) is 0 Å². The van der Waals surface area contributed by atoms with Crippen LogP contribution in [0.25, 0.3) is 11.3 Å². The molecule has 0 aliphatic heterocycles. The lowest BCUT2D eigenvalue weighted by Crippen LogP contribution is -2.18. The zero-order chi connectivity index (χ0) is 15.0. The van der Waals surface area contributed by atoms with Crippen LogP contribution in [0.1, 0.15) is 5.82 Å². The lowest BCUT2D eigenvalue weighted by atomic mass is 10.1. The fraction of sp³-hybridized carbons (Fsp3) is 0.182. The average Bonchev–Trinajstić information content (AvgIpc) is 2.61. The fourth-order valence-corrected chi connectivity index (χ4v) is 2.39. The predicted molar refractivity (Wildman–Crippen MR) is 74.4 cm³/mol. The Kier molecular flexibility index (Phi) is 4.27. The van der Waals surface area contributed by atoms with Gasteiger partial charge in [0.15, 0.2) is 5.15 Å². The Balaban J connectivity index is 2.57. The van der Waals surface area contributed by atoms with Crippen LogP contribution in [-0.4, -0.2) is 16.3 Å². The fourth-order valence-electron chi connectivity index (χ4n) is 1.61. The van der Waals surface area contributed by atoms with Crippen LogP contribution >= 0.6 is 34.8 Å². The number of aromatic nitrogens is 2. The van der Waals surface area contributed by atoms with Crippen molar-refractivity contribution in [1.82, 2.24) is 9.71 Å². The van der Waals surface area contributed by atoms with Gasteiger partial charge in [-0.1, -0.05) is 34.8 Å². The van der Waals surface area contributed by atoms with Crippen molar-refractivity contribution in [2.45, 2.75) is 13.5 Å². The number of imidazole rings is 1. The van der Waals surface area contributed by atoms with Crippen LogP contribution in [0.15, 0.2) is 12.1 Å². The summed E-state index contributed by atoms with van der Waals surface area (Å²) in [6, 6.07) is 2.89. The second-order valence-electron chi connectivity index (χ2n) is 3.81. The third kappa shape index (κ3) is 2.77. The smallest absolute Gasteiger partial charge is 0.398 e. The van der Waals surface area contributed by atoms with Gasteiger partial charge in [-0.25, -0.2) is 4.98 Å². The number of hydrogen-bond donors (Lipinski definition) is 1. The Morgan fingerprint density at radius 1 is 1.25 bits per heavy atom. The lowest BCUT2D eigenvalue weighted by molar-refractivity contribution is -0.134. The van der Waals surface area contributed by atoms with Gasteiger partial charge in [-0.05, 0) is 19.1 Å². The molecule has 0 spiro atoms. The number of nitrogens with two attached hydrogens (primary N) is 1. The molecule has 20 heavy (non-hydrogen) atoms. The Hall–Kier alpha value is -1.24. The van der Waals surface area contributed by atoms with Gasteiger partial charge in [0, 0.05) is 5.56 Å². The minimum atomic E-state index is -3.03. The molecule has 0 saturated heterocycles. The van der Waals surface area contributed by atoms with Crippen molar-refractivity contribution in [3.05, 3.63) is 33.2 Å². The molecule has 0 bridgehead atoms. The number of nitrogen functional groups attached to an aromatic ring is 1. The Labute approximate surface area is 128 Å². The van der Waals surface area contributed by atoms with Gasteiger partial charge in [0.1, 0.15) is 11.5 Å². The van der Waals surface area contributed by atoms with E-state index in [9.17, 15) is 8.78 Å². The Morgan fingerprint density at radius 3 is 2.50 bits per heavy atom. The van der Waals surface area contributed by atoms with Gasteiger partial charge in [-0.3, -0.25) is 0 Å². The summed E-state index contributed by atoms with van der Waals surface area (Å²) in [5.41, 5.74) is 6.50. The molecule has 0 aliphatic carbocycles. The van der Waals surface area contributed by atoms with Crippen LogP contribution in [0, 0.1) is 6.92 Å². The molecule has 1 aromatic carbocycles. The number of rotatable bonds is 3. The number of halogens is 5. The van der Waals surface area contributed by atoms with E-state index in [0.717, 1.165) is 4.73 Å². The van der Waals surface area contributed by atoms with Crippen LogP contribution in [0.2, 0.25) is 15.2 Å². The molecule has 1 heterocycles. The standard InChI is InChI=1S/C11H8Cl3F2N3O/c1-4-18-9(10(14)19(4)20-11(15)16)5-2-8(17)7(13)3-6(5)12/h2-3,11H,17H2,1H3. The summed E-state index contributed by atoms with van der Waals surface area (Å²) in [6.45, 7) is -1.57. The summed E-state index contributed by atoms with van der Waals surface area (Å²) in [5.74, 6) is 0.148. The van der Waals surface area contributed by atoms with Gasteiger partial charge in [-0.2, -0.15) is 13.5 Å². The number of benzene rings is 1. The van der Waals surface area contributed by atoms with Crippen molar-refractivity contribution in [3.63, 3.8) is 0 Å². The van der Waals surface area contributed by atoms with Crippen LogP contribution in [-0.2, 0) is 0 Å². The molecule has 4 nitrogen and oxygen atoms in total. The van der Waals surface area contributed by atoms with Gasteiger partial charge >= 0.3 is 6.61 Å². The van der Waals surface area contributed by atoms with Gasteiger partial charge in [0.05, 0.1) is 15.7 Å². The first kappa shape index (κ1) is 15.2. The van der Waals surface area contributed by atoms with E-state index in [0.29, 0.717) is 5.56 Å². The van der Waals surface area contributed by atoms with E-state index in [4.69, 9.17) is 40.5 Å². The molecule has 108 valence electrons. The van der Waals surface area contributed by atoms with E-state index in [1.807, 2.05) is 0 Å². The minimum absolute atomic E-state index is 0.133. The summed E-state index contributed by atoms with van der Waals surface area (Å²) in [4.78, 5) is 8.31. The first-order valence-electron chi connectivity index (χ1n) is 5.26. The zero-order valence-electron chi connectivity index (χ0n) is 10.0. The molecule has 2 rings (SSSR count). The van der Waals surface area contributed by atoms with E-state index < -0.39 is 6.61 Å². The molecular formula is C11H8Cl3F2N3O. The minimum Gasteiger partial charge on any atom is -0.398 e. The molecule has 2 aromatic rings. The monoisotopic (exact) mass is 341 g/mol. The van der Waals surface area contributed by atoms with Crippen molar-refractivity contribution in [2.75, 3.05) is 5.73 Å². The maximum Gasteiger partial charge on any atom is 0.405 e. The molecule has 1 aromatic heterocycles. The summed E-state index contributed by atoms with van der Waals surface area (Å²) < 4.78 is 25.3. The van der Waals surface area contributed by atoms with Crippen molar-refractivity contribution in [2.24, 2.45) is 0 Å². The number of hydrogen-bond acceptors (Lipinski definition) is 3. The first-order chi connectivity index (χ1) is 9.31. The Morgan fingerprint density at radius 2 is 1.90 bits per heavy atom. The highest BCUT2D eigenvalue weighted by Gasteiger charge is 2.20. The first-order valence-corrected chi connectivity index (χ1v) is 6.39. The third-order valence-corrected chi connectivity index (χ3v) is 3.44. The topological polar surface area (TPSA) is 53.1 Å². The quantitative estimate of drug-likeness (QED) is 0.856. The van der Waals surface area contributed by atoms with Crippen LogP contribution in [0.4, 0.5) is 14.5 Å². The van der Waals surface area contributed by atoms with Gasteiger partial charge in [0.2, 0.25) is 0 Å². The van der Waals surface area contributed by atoms with Crippen LogP contribution < -0.4 is 10.6 Å². The van der Waals surface area contributed by atoms with Crippen LogP contribution in [0.3, 0.4) is 0 Å². The van der Waals surface area contributed by atoms with Gasteiger partial charge in [-0.15, -0.1) is 0 Å². The molecule has 2 N–H and O–H groups in total. The number of anilines is 1. The molecule has 0 aliphatic rings. The second kappa shape index (κ2) is 5.63. The van der Waals surface area contributed by atoms with Gasteiger partial charge < -0.3 is 10.6 Å².